The third-order valence-electron chi connectivity index (χ3n) is 5.62. The van der Waals surface area contributed by atoms with Crippen LogP contribution >= 0.6 is 24.0 Å². The van der Waals surface area contributed by atoms with Crippen LogP contribution in [0.15, 0.2) is 54.6 Å². The number of benzene rings is 2. The fourth-order valence-corrected chi connectivity index (χ4v) is 3.88. The maximum Gasteiger partial charge on any atom is 0.224 e. The van der Waals surface area contributed by atoms with Gasteiger partial charge in [0.2, 0.25) is 5.91 Å². The SMILES string of the molecule is CC(C(=O)NCC1(c2cccc(Cl)c2)CCOCC1)C(N)c1ccccc1.Cl. The minimum atomic E-state index is -0.331. The highest BCUT2D eigenvalue weighted by Crippen LogP contribution is 2.35. The lowest BCUT2D eigenvalue weighted by molar-refractivity contribution is -0.125. The second-order valence-corrected chi connectivity index (χ2v) is 7.78. The first-order valence-corrected chi connectivity index (χ1v) is 9.82. The van der Waals surface area contributed by atoms with E-state index in [0.717, 1.165) is 24.0 Å². The van der Waals surface area contributed by atoms with E-state index in [1.165, 1.54) is 0 Å². The Morgan fingerprint density at radius 3 is 2.50 bits per heavy atom. The number of ether oxygens (including phenoxy) is 1. The van der Waals surface area contributed by atoms with Gasteiger partial charge < -0.3 is 15.8 Å². The molecule has 1 fully saturated rings. The van der Waals surface area contributed by atoms with Gasteiger partial charge in [-0.05, 0) is 36.1 Å². The van der Waals surface area contributed by atoms with Crippen molar-refractivity contribution in [3.05, 3.63) is 70.7 Å². The molecule has 2 unspecified atom stereocenters. The average molecular weight is 423 g/mol. The summed E-state index contributed by atoms with van der Waals surface area (Å²) in [5.74, 6) is -0.345. The smallest absolute Gasteiger partial charge is 0.224 e. The minimum Gasteiger partial charge on any atom is -0.381 e. The van der Waals surface area contributed by atoms with E-state index in [1.807, 2.05) is 55.5 Å². The summed E-state index contributed by atoms with van der Waals surface area (Å²) in [6.07, 6.45) is 1.71. The van der Waals surface area contributed by atoms with Gasteiger partial charge in [-0.25, -0.2) is 0 Å². The number of amides is 1. The molecular weight excluding hydrogens is 395 g/mol. The van der Waals surface area contributed by atoms with Crippen molar-refractivity contribution in [3.8, 4) is 0 Å². The molecule has 1 amide bonds. The lowest BCUT2D eigenvalue weighted by Crippen LogP contribution is -2.46. The molecule has 152 valence electrons. The van der Waals surface area contributed by atoms with Gasteiger partial charge in [-0.2, -0.15) is 0 Å². The van der Waals surface area contributed by atoms with Crippen molar-refractivity contribution in [2.24, 2.45) is 11.7 Å². The van der Waals surface area contributed by atoms with Gasteiger partial charge in [-0.15, -0.1) is 12.4 Å². The van der Waals surface area contributed by atoms with Crippen LogP contribution in [0.3, 0.4) is 0 Å². The van der Waals surface area contributed by atoms with Crippen molar-refractivity contribution in [1.82, 2.24) is 5.32 Å². The highest BCUT2D eigenvalue weighted by molar-refractivity contribution is 6.30. The topological polar surface area (TPSA) is 64.3 Å². The van der Waals surface area contributed by atoms with Crippen molar-refractivity contribution in [2.75, 3.05) is 19.8 Å². The maximum absolute atomic E-state index is 12.8. The molecular formula is C22H28Cl2N2O2. The van der Waals surface area contributed by atoms with E-state index in [4.69, 9.17) is 22.1 Å². The molecule has 4 nitrogen and oxygen atoms in total. The first-order chi connectivity index (χ1) is 13.0. The lowest BCUT2D eigenvalue weighted by atomic mass is 9.74. The Morgan fingerprint density at radius 2 is 1.86 bits per heavy atom. The predicted molar refractivity (Wildman–Crippen MR) is 116 cm³/mol. The largest absolute Gasteiger partial charge is 0.381 e. The third kappa shape index (κ3) is 5.26. The molecule has 0 bridgehead atoms. The summed E-state index contributed by atoms with van der Waals surface area (Å²) in [7, 11) is 0. The van der Waals surface area contributed by atoms with E-state index in [-0.39, 0.29) is 35.7 Å². The van der Waals surface area contributed by atoms with Crippen LogP contribution in [0.25, 0.3) is 0 Å². The van der Waals surface area contributed by atoms with E-state index >= 15 is 0 Å². The van der Waals surface area contributed by atoms with Crippen molar-refractivity contribution in [1.29, 1.82) is 0 Å². The fourth-order valence-electron chi connectivity index (χ4n) is 3.69. The Morgan fingerprint density at radius 1 is 1.18 bits per heavy atom. The van der Waals surface area contributed by atoms with Crippen LogP contribution in [-0.4, -0.2) is 25.7 Å². The molecule has 0 radical (unpaired) electrons. The van der Waals surface area contributed by atoms with Crippen LogP contribution in [0.1, 0.15) is 36.9 Å². The normalized spacial score (nSPS) is 17.8. The summed E-state index contributed by atoms with van der Waals surface area (Å²) in [6.45, 7) is 3.80. The summed E-state index contributed by atoms with van der Waals surface area (Å²) in [6, 6.07) is 17.3. The second-order valence-electron chi connectivity index (χ2n) is 7.35. The van der Waals surface area contributed by atoms with Crippen molar-refractivity contribution < 1.29 is 9.53 Å². The average Bonchev–Trinajstić information content (AvgIpc) is 2.72. The number of halogens is 2. The van der Waals surface area contributed by atoms with Crippen LogP contribution in [-0.2, 0) is 14.9 Å². The molecule has 1 aliphatic rings. The van der Waals surface area contributed by atoms with Gasteiger partial charge in [-0.1, -0.05) is 61.0 Å². The first-order valence-electron chi connectivity index (χ1n) is 9.44. The Hall–Kier alpha value is -1.59. The number of carbonyl (C=O) groups is 1. The van der Waals surface area contributed by atoms with Gasteiger partial charge >= 0.3 is 0 Å². The van der Waals surface area contributed by atoms with E-state index in [1.54, 1.807) is 0 Å². The van der Waals surface area contributed by atoms with Gasteiger partial charge in [0.1, 0.15) is 0 Å². The van der Waals surface area contributed by atoms with Crippen molar-refractivity contribution in [2.45, 2.75) is 31.2 Å². The predicted octanol–water partition coefficient (Wildman–Crippen LogP) is 4.26. The third-order valence-corrected chi connectivity index (χ3v) is 5.86. The number of nitrogens with two attached hydrogens (primary N) is 1. The Labute approximate surface area is 178 Å². The van der Waals surface area contributed by atoms with Crippen LogP contribution in [0.5, 0.6) is 0 Å². The minimum absolute atomic E-state index is 0. The molecule has 1 saturated heterocycles. The number of carbonyl (C=O) groups excluding carboxylic acids is 1. The molecule has 28 heavy (non-hydrogen) atoms. The van der Waals surface area contributed by atoms with E-state index in [0.29, 0.717) is 24.8 Å². The zero-order valence-electron chi connectivity index (χ0n) is 16.1. The molecule has 2 atom stereocenters. The second kappa shape index (κ2) is 10.3. The standard InChI is InChI=1S/C22H27ClN2O2.ClH/c1-16(20(24)17-6-3-2-4-7-17)21(26)25-15-22(10-12-27-13-11-22)18-8-5-9-19(23)14-18;/h2-9,14,16,20H,10-13,15,24H2,1H3,(H,25,26);1H. The first kappa shape index (κ1) is 22.7. The molecule has 1 heterocycles. The molecule has 2 aromatic carbocycles. The van der Waals surface area contributed by atoms with Crippen LogP contribution in [0, 0.1) is 5.92 Å². The molecule has 0 saturated carbocycles. The molecule has 1 aliphatic heterocycles. The zero-order valence-corrected chi connectivity index (χ0v) is 17.6. The quantitative estimate of drug-likeness (QED) is 0.730. The number of hydrogen-bond donors (Lipinski definition) is 2. The fraction of sp³-hybridized carbons (Fsp3) is 0.409. The molecule has 0 aromatic heterocycles. The highest BCUT2D eigenvalue weighted by Gasteiger charge is 2.35. The van der Waals surface area contributed by atoms with Gasteiger partial charge in [0, 0.05) is 36.2 Å². The van der Waals surface area contributed by atoms with Crippen LogP contribution < -0.4 is 11.1 Å². The summed E-state index contributed by atoms with van der Waals surface area (Å²) in [4.78, 5) is 12.8. The van der Waals surface area contributed by atoms with Crippen molar-refractivity contribution >= 4 is 29.9 Å². The Kier molecular flexibility index (Phi) is 8.32. The van der Waals surface area contributed by atoms with Gasteiger partial charge in [-0.3, -0.25) is 4.79 Å². The number of nitrogens with one attached hydrogen (secondary N) is 1. The Balaban J connectivity index is 0.00000280. The molecule has 3 N–H and O–H groups in total. The number of rotatable bonds is 6. The zero-order chi connectivity index (χ0) is 19.3. The molecule has 2 aromatic rings. The van der Waals surface area contributed by atoms with Crippen LogP contribution in [0.2, 0.25) is 5.02 Å². The summed E-state index contributed by atoms with van der Waals surface area (Å²) in [5.41, 5.74) is 8.28. The Bertz CT molecular complexity index is 764. The van der Waals surface area contributed by atoms with Crippen molar-refractivity contribution in [3.63, 3.8) is 0 Å². The van der Waals surface area contributed by atoms with Gasteiger partial charge in [0.05, 0.1) is 5.92 Å². The summed E-state index contributed by atoms with van der Waals surface area (Å²) < 4.78 is 5.56. The van der Waals surface area contributed by atoms with E-state index in [2.05, 4.69) is 11.4 Å². The number of hydrogen-bond acceptors (Lipinski definition) is 3. The highest BCUT2D eigenvalue weighted by atomic mass is 35.5. The van der Waals surface area contributed by atoms with Gasteiger partial charge in [0.15, 0.2) is 0 Å². The molecule has 0 spiro atoms. The maximum atomic E-state index is 12.8. The molecule has 3 rings (SSSR count). The van der Waals surface area contributed by atoms with E-state index < -0.39 is 0 Å². The molecule has 6 heteroatoms. The summed E-state index contributed by atoms with van der Waals surface area (Å²) in [5, 5.41) is 3.86. The molecule has 0 aliphatic carbocycles. The lowest BCUT2D eigenvalue weighted by Gasteiger charge is -2.38. The monoisotopic (exact) mass is 422 g/mol. The van der Waals surface area contributed by atoms with E-state index in [9.17, 15) is 4.79 Å². The van der Waals surface area contributed by atoms with Crippen LogP contribution in [0.4, 0.5) is 0 Å². The van der Waals surface area contributed by atoms with Gasteiger partial charge in [0.25, 0.3) is 0 Å². The summed E-state index contributed by atoms with van der Waals surface area (Å²) >= 11 is 6.21.